The van der Waals surface area contributed by atoms with Gasteiger partial charge in [-0.1, -0.05) is 6.07 Å². The van der Waals surface area contributed by atoms with E-state index in [2.05, 4.69) is 30.5 Å². The van der Waals surface area contributed by atoms with Gasteiger partial charge in [0.1, 0.15) is 5.69 Å². The van der Waals surface area contributed by atoms with Crippen LogP contribution in [0, 0.1) is 0 Å². The lowest BCUT2D eigenvalue weighted by Crippen LogP contribution is -2.28. The summed E-state index contributed by atoms with van der Waals surface area (Å²) in [6.45, 7) is 2.06. The van der Waals surface area contributed by atoms with Gasteiger partial charge in [0.25, 0.3) is 5.91 Å². The van der Waals surface area contributed by atoms with Gasteiger partial charge in [-0.2, -0.15) is 0 Å². The number of rotatable bonds is 8. The number of aromatic nitrogens is 3. The monoisotopic (exact) mass is 314 g/mol. The van der Waals surface area contributed by atoms with Crippen LogP contribution in [0.2, 0.25) is 0 Å². The second kappa shape index (κ2) is 8.79. The summed E-state index contributed by atoms with van der Waals surface area (Å²) in [6, 6.07) is 7.30. The number of amides is 1. The van der Waals surface area contributed by atoms with Crippen molar-refractivity contribution >= 4 is 11.9 Å². The number of hydrogen-bond acceptors (Lipinski definition) is 6. The van der Waals surface area contributed by atoms with Crippen molar-refractivity contribution in [2.75, 3.05) is 32.5 Å². The molecule has 0 aliphatic carbocycles. The third-order valence-electron chi connectivity index (χ3n) is 3.11. The van der Waals surface area contributed by atoms with Crippen LogP contribution in [0.15, 0.2) is 36.7 Å². The van der Waals surface area contributed by atoms with Gasteiger partial charge in [0.2, 0.25) is 5.95 Å². The number of nitrogens with one attached hydrogen (secondary N) is 2. The zero-order valence-corrected chi connectivity index (χ0v) is 13.5. The van der Waals surface area contributed by atoms with Crippen molar-refractivity contribution < 1.29 is 4.79 Å². The van der Waals surface area contributed by atoms with Gasteiger partial charge >= 0.3 is 0 Å². The Morgan fingerprint density at radius 3 is 2.78 bits per heavy atom. The van der Waals surface area contributed by atoms with Crippen molar-refractivity contribution in [2.24, 2.45) is 0 Å². The highest BCUT2D eigenvalue weighted by Gasteiger charge is 2.08. The second-order valence-corrected chi connectivity index (χ2v) is 5.35. The molecule has 0 saturated heterocycles. The fraction of sp³-hybridized carbons (Fsp3) is 0.375. The molecule has 0 bridgehead atoms. The second-order valence-electron chi connectivity index (χ2n) is 5.35. The predicted molar refractivity (Wildman–Crippen MR) is 89.1 cm³/mol. The molecule has 2 heterocycles. The largest absolute Gasteiger partial charge is 0.351 e. The Kier molecular flexibility index (Phi) is 6.43. The maximum absolute atomic E-state index is 12.1. The van der Waals surface area contributed by atoms with Gasteiger partial charge in [-0.15, -0.1) is 0 Å². The molecule has 0 aromatic carbocycles. The van der Waals surface area contributed by atoms with Crippen molar-refractivity contribution in [1.29, 1.82) is 0 Å². The van der Waals surface area contributed by atoms with E-state index in [1.165, 1.54) is 0 Å². The molecule has 0 unspecified atom stereocenters. The molecule has 0 radical (unpaired) electrons. The highest BCUT2D eigenvalue weighted by molar-refractivity contribution is 5.92. The number of nitrogens with zero attached hydrogens (tertiary/aromatic N) is 4. The molecule has 23 heavy (non-hydrogen) atoms. The van der Waals surface area contributed by atoms with Crippen LogP contribution in [0.3, 0.4) is 0 Å². The van der Waals surface area contributed by atoms with Gasteiger partial charge in [-0.05, 0) is 45.3 Å². The Bertz CT molecular complexity index is 617. The fourth-order valence-corrected chi connectivity index (χ4v) is 1.93. The lowest BCUT2D eigenvalue weighted by atomic mass is 10.3. The van der Waals surface area contributed by atoms with Crippen molar-refractivity contribution in [3.8, 4) is 0 Å². The average molecular weight is 314 g/mol. The maximum Gasteiger partial charge on any atom is 0.270 e. The van der Waals surface area contributed by atoms with Crippen molar-refractivity contribution in [3.63, 3.8) is 0 Å². The van der Waals surface area contributed by atoms with E-state index in [-0.39, 0.29) is 5.91 Å². The standard InChI is InChI=1S/C16H22N6O/c1-22(2)11-5-9-18-15(23)14-7-10-19-16(21-14)20-12-13-6-3-4-8-17-13/h3-4,6-8,10H,5,9,11-12H2,1-2H3,(H,18,23)(H,19,20,21). The van der Waals surface area contributed by atoms with Crippen molar-refractivity contribution in [1.82, 2.24) is 25.2 Å². The molecule has 0 aliphatic rings. The van der Waals surface area contributed by atoms with Gasteiger partial charge in [0.05, 0.1) is 12.2 Å². The lowest BCUT2D eigenvalue weighted by molar-refractivity contribution is 0.0947. The molecule has 2 rings (SSSR count). The van der Waals surface area contributed by atoms with Crippen molar-refractivity contribution in [3.05, 3.63) is 48.0 Å². The van der Waals surface area contributed by atoms with Gasteiger partial charge in [-0.3, -0.25) is 9.78 Å². The summed E-state index contributed by atoms with van der Waals surface area (Å²) in [6.07, 6.45) is 4.20. The van der Waals surface area contributed by atoms with Gasteiger partial charge in [0, 0.05) is 18.9 Å². The first-order chi connectivity index (χ1) is 11.1. The number of hydrogen-bond donors (Lipinski definition) is 2. The Hall–Kier alpha value is -2.54. The average Bonchev–Trinajstić information content (AvgIpc) is 2.58. The van der Waals surface area contributed by atoms with Crippen LogP contribution in [0.1, 0.15) is 22.6 Å². The van der Waals surface area contributed by atoms with Crippen LogP contribution in [0.5, 0.6) is 0 Å². The fourth-order valence-electron chi connectivity index (χ4n) is 1.93. The summed E-state index contributed by atoms with van der Waals surface area (Å²) in [4.78, 5) is 26.7. The summed E-state index contributed by atoms with van der Waals surface area (Å²) < 4.78 is 0. The van der Waals surface area contributed by atoms with Crippen LogP contribution in [-0.4, -0.2) is 52.9 Å². The van der Waals surface area contributed by atoms with E-state index in [9.17, 15) is 4.79 Å². The summed E-state index contributed by atoms with van der Waals surface area (Å²) in [5.41, 5.74) is 1.24. The highest BCUT2D eigenvalue weighted by atomic mass is 16.1. The topological polar surface area (TPSA) is 83.0 Å². The number of carbonyl (C=O) groups excluding carboxylic acids is 1. The van der Waals surface area contributed by atoms with Gasteiger partial charge in [-0.25, -0.2) is 9.97 Å². The number of carbonyl (C=O) groups is 1. The van der Waals surface area contributed by atoms with E-state index < -0.39 is 0 Å². The molecule has 2 N–H and O–H groups in total. The van der Waals surface area contributed by atoms with E-state index in [4.69, 9.17) is 0 Å². The van der Waals surface area contributed by atoms with Gasteiger partial charge in [0.15, 0.2) is 0 Å². The molecule has 0 saturated carbocycles. The zero-order chi connectivity index (χ0) is 16.5. The van der Waals surface area contributed by atoms with Crippen LogP contribution in [0.25, 0.3) is 0 Å². The molecule has 7 nitrogen and oxygen atoms in total. The molecule has 2 aromatic heterocycles. The summed E-state index contributed by atoms with van der Waals surface area (Å²) in [5, 5.41) is 5.93. The van der Waals surface area contributed by atoms with Crippen molar-refractivity contribution in [2.45, 2.75) is 13.0 Å². The van der Waals surface area contributed by atoms with E-state index in [0.717, 1.165) is 18.7 Å². The molecule has 0 spiro atoms. The van der Waals surface area contributed by atoms with E-state index in [1.54, 1.807) is 18.5 Å². The summed E-state index contributed by atoms with van der Waals surface area (Å²) in [7, 11) is 4.01. The lowest BCUT2D eigenvalue weighted by Gasteiger charge is -2.10. The Morgan fingerprint density at radius 2 is 2.04 bits per heavy atom. The van der Waals surface area contributed by atoms with E-state index >= 15 is 0 Å². The molecular formula is C16H22N6O. The third-order valence-corrected chi connectivity index (χ3v) is 3.11. The first-order valence-corrected chi connectivity index (χ1v) is 7.55. The molecular weight excluding hydrogens is 292 g/mol. The van der Waals surface area contributed by atoms with Gasteiger partial charge < -0.3 is 15.5 Å². The van der Waals surface area contributed by atoms with Crippen LogP contribution in [0.4, 0.5) is 5.95 Å². The SMILES string of the molecule is CN(C)CCCNC(=O)c1ccnc(NCc2ccccn2)n1. The molecule has 0 aliphatic heterocycles. The minimum atomic E-state index is -0.188. The number of anilines is 1. The normalized spacial score (nSPS) is 10.6. The van der Waals surface area contributed by atoms with Crippen LogP contribution < -0.4 is 10.6 Å². The first-order valence-electron chi connectivity index (χ1n) is 7.55. The van der Waals surface area contributed by atoms with E-state index in [1.807, 2.05) is 32.3 Å². The quantitative estimate of drug-likeness (QED) is 0.712. The van der Waals surface area contributed by atoms with Crippen LogP contribution in [-0.2, 0) is 6.54 Å². The third kappa shape index (κ3) is 5.99. The maximum atomic E-state index is 12.1. The smallest absolute Gasteiger partial charge is 0.270 e. The Labute approximate surface area is 136 Å². The number of pyridine rings is 1. The molecule has 0 fully saturated rings. The van der Waals surface area contributed by atoms with E-state index in [0.29, 0.717) is 24.7 Å². The highest BCUT2D eigenvalue weighted by Crippen LogP contribution is 2.03. The molecule has 0 atom stereocenters. The molecule has 2 aromatic rings. The summed E-state index contributed by atoms with van der Waals surface area (Å²) >= 11 is 0. The Balaban J connectivity index is 1.85. The molecule has 122 valence electrons. The minimum absolute atomic E-state index is 0.188. The zero-order valence-electron chi connectivity index (χ0n) is 13.5. The summed E-state index contributed by atoms with van der Waals surface area (Å²) in [5.74, 6) is 0.226. The minimum Gasteiger partial charge on any atom is -0.351 e. The Morgan fingerprint density at radius 1 is 1.17 bits per heavy atom. The molecule has 1 amide bonds. The van der Waals surface area contributed by atoms with Crippen LogP contribution >= 0.6 is 0 Å². The predicted octanol–water partition coefficient (Wildman–Crippen LogP) is 1.17. The molecule has 7 heteroatoms. The first kappa shape index (κ1) is 16.8.